The highest BCUT2D eigenvalue weighted by Crippen LogP contribution is 2.20. The van der Waals surface area contributed by atoms with Crippen LogP contribution in [0.4, 0.5) is 8.78 Å². The zero-order valence-corrected chi connectivity index (χ0v) is 11.8. The van der Waals surface area contributed by atoms with Crippen LogP contribution >= 0.6 is 0 Å². The molecule has 3 nitrogen and oxygen atoms in total. The molecule has 1 fully saturated rings. The van der Waals surface area contributed by atoms with E-state index in [1.807, 2.05) is 12.1 Å². The molecule has 0 bridgehead atoms. The number of likely N-dealkylation sites (tertiary alicyclic amines) is 1. The fourth-order valence-electron chi connectivity index (χ4n) is 2.62. The predicted molar refractivity (Wildman–Crippen MR) is 75.0 cm³/mol. The molecule has 1 aromatic carbocycles. The molecule has 1 aliphatic heterocycles. The third kappa shape index (κ3) is 4.42. The second-order valence-corrected chi connectivity index (χ2v) is 5.10. The molecule has 1 heterocycles. The summed E-state index contributed by atoms with van der Waals surface area (Å²) in [5.41, 5.74) is 0.779. The number of rotatable bonds is 6. The van der Waals surface area contributed by atoms with Crippen molar-refractivity contribution in [3.63, 3.8) is 0 Å². The summed E-state index contributed by atoms with van der Waals surface area (Å²) in [4.78, 5) is 2.41. The zero-order valence-electron chi connectivity index (χ0n) is 11.8. The van der Waals surface area contributed by atoms with E-state index in [2.05, 4.69) is 21.9 Å². The Hall–Kier alpha value is -1.20. The first kappa shape index (κ1) is 15.2. The van der Waals surface area contributed by atoms with Gasteiger partial charge in [-0.05, 0) is 32.0 Å². The van der Waals surface area contributed by atoms with E-state index >= 15 is 0 Å². The number of benzene rings is 1. The normalized spacial score (nSPS) is 20.3. The van der Waals surface area contributed by atoms with E-state index in [0.717, 1.165) is 31.6 Å². The van der Waals surface area contributed by atoms with Crippen molar-refractivity contribution in [2.75, 3.05) is 19.6 Å². The number of nitrogens with zero attached hydrogens (tertiary/aromatic N) is 1. The molecule has 112 valence electrons. The van der Waals surface area contributed by atoms with E-state index in [0.29, 0.717) is 12.6 Å². The average Bonchev–Trinajstić information content (AvgIpc) is 2.46. The van der Waals surface area contributed by atoms with Crippen LogP contribution in [0.2, 0.25) is 0 Å². The van der Waals surface area contributed by atoms with Crippen molar-refractivity contribution in [1.29, 1.82) is 0 Å². The molecule has 20 heavy (non-hydrogen) atoms. The topological polar surface area (TPSA) is 24.5 Å². The predicted octanol–water partition coefficient (Wildman–Crippen LogP) is 2.86. The van der Waals surface area contributed by atoms with Crippen LogP contribution < -0.4 is 10.1 Å². The van der Waals surface area contributed by atoms with E-state index in [9.17, 15) is 8.78 Å². The number of ether oxygens (including phenoxy) is 1. The molecule has 0 aliphatic carbocycles. The van der Waals surface area contributed by atoms with Gasteiger partial charge in [0.05, 0.1) is 0 Å². The summed E-state index contributed by atoms with van der Waals surface area (Å²) in [6, 6.07) is 7.38. The van der Waals surface area contributed by atoms with Crippen LogP contribution in [0.25, 0.3) is 0 Å². The molecule has 1 N–H and O–H groups in total. The van der Waals surface area contributed by atoms with Crippen LogP contribution in [0.5, 0.6) is 5.75 Å². The van der Waals surface area contributed by atoms with Gasteiger partial charge in [0.25, 0.3) is 0 Å². The third-order valence-corrected chi connectivity index (χ3v) is 3.72. The van der Waals surface area contributed by atoms with Crippen LogP contribution in [0.3, 0.4) is 0 Å². The monoisotopic (exact) mass is 284 g/mol. The smallest absolute Gasteiger partial charge is 0.387 e. The summed E-state index contributed by atoms with van der Waals surface area (Å²) >= 11 is 0. The lowest BCUT2D eigenvalue weighted by atomic mass is 10.1. The number of piperidine rings is 1. The van der Waals surface area contributed by atoms with Crippen LogP contribution in [-0.2, 0) is 6.54 Å². The number of para-hydroxylation sites is 1. The second kappa shape index (κ2) is 7.55. The molecule has 0 spiro atoms. The summed E-state index contributed by atoms with van der Waals surface area (Å²) in [6.45, 7) is 3.18. The second-order valence-electron chi connectivity index (χ2n) is 5.10. The number of hydrogen-bond acceptors (Lipinski definition) is 3. The Balaban J connectivity index is 1.90. The van der Waals surface area contributed by atoms with E-state index in [1.54, 1.807) is 12.1 Å². The number of hydrogen-bond donors (Lipinski definition) is 1. The van der Waals surface area contributed by atoms with Crippen molar-refractivity contribution in [1.82, 2.24) is 10.2 Å². The lowest BCUT2D eigenvalue weighted by Gasteiger charge is -2.32. The molecule has 0 aromatic heterocycles. The first-order valence-electron chi connectivity index (χ1n) is 7.17. The maximum atomic E-state index is 12.3. The zero-order chi connectivity index (χ0) is 14.4. The van der Waals surface area contributed by atoms with Crippen molar-refractivity contribution < 1.29 is 13.5 Å². The number of likely N-dealkylation sites (N-methyl/N-ethyl adjacent to an activating group) is 1. The summed E-state index contributed by atoms with van der Waals surface area (Å²) < 4.78 is 29.2. The molecule has 1 atom stereocenters. The molecule has 1 aliphatic rings. The Morgan fingerprint density at radius 1 is 1.40 bits per heavy atom. The van der Waals surface area contributed by atoms with Crippen LogP contribution in [0, 0.1) is 0 Å². The highest BCUT2D eigenvalue weighted by Gasteiger charge is 2.18. The molecule has 1 aromatic rings. The number of halogens is 2. The minimum Gasteiger partial charge on any atom is -0.434 e. The number of nitrogens with one attached hydrogen (secondary N) is 1. The van der Waals surface area contributed by atoms with Crippen LogP contribution in [-0.4, -0.2) is 37.2 Å². The number of alkyl halides is 2. The maximum Gasteiger partial charge on any atom is 0.387 e. The maximum absolute atomic E-state index is 12.3. The van der Waals surface area contributed by atoms with Gasteiger partial charge in [-0.15, -0.1) is 0 Å². The van der Waals surface area contributed by atoms with E-state index in [1.165, 1.54) is 6.42 Å². The highest BCUT2D eigenvalue weighted by molar-refractivity contribution is 5.33. The van der Waals surface area contributed by atoms with E-state index in [4.69, 9.17) is 0 Å². The minimum absolute atomic E-state index is 0.262. The molecule has 1 unspecified atom stereocenters. The Labute approximate surface area is 118 Å². The first-order valence-corrected chi connectivity index (χ1v) is 7.17. The fraction of sp³-hybridized carbons (Fsp3) is 0.600. The van der Waals surface area contributed by atoms with Gasteiger partial charge in [-0.1, -0.05) is 25.1 Å². The molecular formula is C15H22F2N2O. The van der Waals surface area contributed by atoms with Crippen LogP contribution in [0.1, 0.15) is 25.3 Å². The van der Waals surface area contributed by atoms with Gasteiger partial charge in [-0.3, -0.25) is 0 Å². The fourth-order valence-corrected chi connectivity index (χ4v) is 2.62. The summed E-state index contributed by atoms with van der Waals surface area (Å²) in [6.07, 6.45) is 2.31. The van der Waals surface area contributed by atoms with Gasteiger partial charge in [0, 0.05) is 24.7 Å². The highest BCUT2D eigenvalue weighted by atomic mass is 19.3. The molecular weight excluding hydrogens is 262 g/mol. The van der Waals surface area contributed by atoms with Crippen molar-refractivity contribution in [2.45, 2.75) is 39.0 Å². The van der Waals surface area contributed by atoms with E-state index < -0.39 is 6.61 Å². The molecule has 1 saturated heterocycles. The average molecular weight is 284 g/mol. The Bertz CT molecular complexity index is 415. The quantitative estimate of drug-likeness (QED) is 0.869. The van der Waals surface area contributed by atoms with Crippen molar-refractivity contribution >= 4 is 0 Å². The Kier molecular flexibility index (Phi) is 5.73. The van der Waals surface area contributed by atoms with E-state index in [-0.39, 0.29) is 5.75 Å². The summed E-state index contributed by atoms with van der Waals surface area (Å²) in [5.74, 6) is 0.262. The van der Waals surface area contributed by atoms with Gasteiger partial charge in [-0.25, -0.2) is 0 Å². The molecule has 5 heteroatoms. The SMILES string of the molecule is CCN1CCCC(NCc2ccccc2OC(F)F)C1. The van der Waals surface area contributed by atoms with Crippen LogP contribution in [0.15, 0.2) is 24.3 Å². The molecule has 2 rings (SSSR count). The molecule has 0 amide bonds. The van der Waals surface area contributed by atoms with Gasteiger partial charge in [0.1, 0.15) is 5.75 Å². The van der Waals surface area contributed by atoms with Crippen molar-refractivity contribution in [2.24, 2.45) is 0 Å². The first-order chi connectivity index (χ1) is 9.69. The lowest BCUT2D eigenvalue weighted by Crippen LogP contribution is -2.45. The van der Waals surface area contributed by atoms with Crippen molar-refractivity contribution in [3.05, 3.63) is 29.8 Å². The lowest BCUT2D eigenvalue weighted by molar-refractivity contribution is -0.0505. The van der Waals surface area contributed by atoms with Gasteiger partial charge < -0.3 is 15.0 Å². The summed E-state index contributed by atoms with van der Waals surface area (Å²) in [7, 11) is 0. The Morgan fingerprint density at radius 3 is 2.95 bits per heavy atom. The largest absolute Gasteiger partial charge is 0.434 e. The minimum atomic E-state index is -2.78. The summed E-state index contributed by atoms with van der Waals surface area (Å²) in [5, 5.41) is 3.45. The third-order valence-electron chi connectivity index (χ3n) is 3.72. The van der Waals surface area contributed by atoms with Gasteiger partial charge in [-0.2, -0.15) is 8.78 Å². The molecule has 0 radical (unpaired) electrons. The molecule has 0 saturated carbocycles. The van der Waals surface area contributed by atoms with Gasteiger partial charge in [0.2, 0.25) is 0 Å². The van der Waals surface area contributed by atoms with Gasteiger partial charge in [0.15, 0.2) is 0 Å². The van der Waals surface area contributed by atoms with Gasteiger partial charge >= 0.3 is 6.61 Å². The Morgan fingerprint density at radius 2 is 2.20 bits per heavy atom. The standard InChI is InChI=1S/C15H22F2N2O/c1-2-19-9-5-7-13(11-19)18-10-12-6-3-4-8-14(12)20-15(16)17/h3-4,6,8,13,15,18H,2,5,7,9-11H2,1H3. The van der Waals surface area contributed by atoms with Crippen molar-refractivity contribution in [3.8, 4) is 5.75 Å².